The molecule has 10 nitrogen and oxygen atoms in total. The van der Waals surface area contributed by atoms with E-state index in [4.69, 9.17) is 4.74 Å². The fourth-order valence-corrected chi connectivity index (χ4v) is 8.09. The van der Waals surface area contributed by atoms with E-state index in [-0.39, 0.29) is 22.2 Å². The van der Waals surface area contributed by atoms with Crippen LogP contribution < -0.4 is 15.2 Å². The lowest BCUT2D eigenvalue weighted by Gasteiger charge is -2.33. The number of aryl methyl sites for hydroxylation is 2. The molecular formula is C30H47N5O5SSi. The number of amides is 2. The van der Waals surface area contributed by atoms with Crippen LogP contribution in [0.15, 0.2) is 29.3 Å². The number of hydrogen-bond acceptors (Lipinski definition) is 8. The average Bonchev–Trinajstić information content (AvgIpc) is 3.14. The Balaban J connectivity index is 1.59. The molecule has 1 aliphatic rings. The van der Waals surface area contributed by atoms with E-state index in [9.17, 15) is 18.0 Å². The minimum absolute atomic E-state index is 0.241. The van der Waals surface area contributed by atoms with Crippen LogP contribution in [-0.4, -0.2) is 67.6 Å². The average molecular weight is 618 g/mol. The SMILES string of the molecule is Cc1nc(C)c([Si](C)(C)C)cc1C(=O)NS(=O)(=O)c1cccc(NCCC[C@@H]2CN(C(=O)OC(C)(C)C)C(C)(C)C2)n1. The van der Waals surface area contributed by atoms with Gasteiger partial charge >= 0.3 is 6.09 Å². The summed E-state index contributed by atoms with van der Waals surface area (Å²) >= 11 is 0. The Bertz CT molecular complexity index is 1430. The van der Waals surface area contributed by atoms with Crippen molar-refractivity contribution in [3.63, 3.8) is 0 Å². The summed E-state index contributed by atoms with van der Waals surface area (Å²) in [7, 11) is -6.00. The third-order valence-corrected chi connectivity index (χ3v) is 10.7. The van der Waals surface area contributed by atoms with Crippen molar-refractivity contribution in [2.45, 2.75) is 104 Å². The predicted molar refractivity (Wildman–Crippen MR) is 168 cm³/mol. The first-order valence-electron chi connectivity index (χ1n) is 14.5. The standard InChI is InChI=1S/C30H47N5O5SSi/c1-20-23(17-24(21(2)32-20)42(8,9)10)27(36)34-41(38,39)26-15-11-14-25(33-26)31-16-12-13-22-18-30(6,7)35(19-22)28(37)40-29(3,4)5/h11,14-15,17,22H,12-13,16,18-19H2,1-10H3,(H,31,33)(H,34,36)/t22-/m0/s1. The Kier molecular flexibility index (Phi) is 9.83. The fraction of sp³-hybridized carbons (Fsp3) is 0.600. The van der Waals surface area contributed by atoms with E-state index in [0.29, 0.717) is 30.5 Å². The third-order valence-electron chi connectivity index (χ3n) is 7.35. The first-order chi connectivity index (χ1) is 19.2. The van der Waals surface area contributed by atoms with E-state index in [1.54, 1.807) is 25.1 Å². The molecule has 3 heterocycles. The van der Waals surface area contributed by atoms with Gasteiger partial charge in [0.2, 0.25) is 0 Å². The van der Waals surface area contributed by atoms with Crippen molar-refractivity contribution in [3.8, 4) is 0 Å². The maximum atomic E-state index is 13.1. The molecule has 0 saturated carbocycles. The molecule has 1 saturated heterocycles. The molecular weight excluding hydrogens is 571 g/mol. The van der Waals surface area contributed by atoms with Crippen LogP contribution in [0.1, 0.15) is 75.6 Å². The minimum Gasteiger partial charge on any atom is -0.444 e. The van der Waals surface area contributed by atoms with E-state index in [1.165, 1.54) is 6.07 Å². The first kappa shape index (κ1) is 33.5. The molecule has 1 atom stereocenters. The molecule has 12 heteroatoms. The molecule has 2 aromatic rings. The predicted octanol–water partition coefficient (Wildman–Crippen LogP) is 4.99. The van der Waals surface area contributed by atoms with Crippen molar-refractivity contribution in [3.05, 3.63) is 41.2 Å². The molecule has 42 heavy (non-hydrogen) atoms. The molecule has 232 valence electrons. The van der Waals surface area contributed by atoms with Gasteiger partial charge in [-0.1, -0.05) is 25.7 Å². The van der Waals surface area contributed by atoms with Crippen LogP contribution in [0.3, 0.4) is 0 Å². The topological polar surface area (TPSA) is 131 Å². The van der Waals surface area contributed by atoms with Crippen molar-refractivity contribution in [1.82, 2.24) is 19.6 Å². The smallest absolute Gasteiger partial charge is 0.410 e. The van der Waals surface area contributed by atoms with Crippen molar-refractivity contribution >= 4 is 41.1 Å². The summed E-state index contributed by atoms with van der Waals surface area (Å²) in [5.74, 6) is 0.0200. The second kappa shape index (κ2) is 12.3. The fourth-order valence-electron chi connectivity index (χ4n) is 5.43. The van der Waals surface area contributed by atoms with Crippen molar-refractivity contribution in [2.75, 3.05) is 18.4 Å². The Hall–Kier alpha value is -2.99. The number of rotatable bonds is 9. The van der Waals surface area contributed by atoms with Crippen LogP contribution in [0.2, 0.25) is 19.6 Å². The number of anilines is 1. The highest BCUT2D eigenvalue weighted by Gasteiger charge is 2.42. The normalized spacial score (nSPS) is 17.2. The highest BCUT2D eigenvalue weighted by molar-refractivity contribution is 7.90. The molecule has 0 unspecified atom stereocenters. The van der Waals surface area contributed by atoms with Crippen molar-refractivity contribution < 1.29 is 22.7 Å². The van der Waals surface area contributed by atoms with Gasteiger partial charge in [0.1, 0.15) is 11.4 Å². The molecule has 0 radical (unpaired) electrons. The lowest BCUT2D eigenvalue weighted by molar-refractivity contribution is 0.0130. The largest absolute Gasteiger partial charge is 0.444 e. The zero-order chi connectivity index (χ0) is 31.7. The van der Waals surface area contributed by atoms with Gasteiger partial charge in [-0.2, -0.15) is 8.42 Å². The molecule has 1 aliphatic heterocycles. The number of nitrogens with zero attached hydrogens (tertiary/aromatic N) is 3. The van der Waals surface area contributed by atoms with Gasteiger partial charge in [-0.25, -0.2) is 14.5 Å². The number of hydrogen-bond donors (Lipinski definition) is 2. The van der Waals surface area contributed by atoms with Crippen LogP contribution in [0.5, 0.6) is 0 Å². The maximum absolute atomic E-state index is 13.1. The summed E-state index contributed by atoms with van der Waals surface area (Å²) in [6.07, 6.45) is 2.31. The number of aromatic nitrogens is 2. The molecule has 2 aromatic heterocycles. The van der Waals surface area contributed by atoms with Crippen LogP contribution in [-0.2, 0) is 14.8 Å². The van der Waals surface area contributed by atoms with Gasteiger partial charge < -0.3 is 15.0 Å². The van der Waals surface area contributed by atoms with Crippen molar-refractivity contribution in [1.29, 1.82) is 0 Å². The Morgan fingerprint density at radius 3 is 2.40 bits per heavy atom. The van der Waals surface area contributed by atoms with Gasteiger partial charge in [0.15, 0.2) is 5.03 Å². The Labute approximate surface area is 252 Å². The summed E-state index contributed by atoms with van der Waals surface area (Å²) in [6.45, 7) is 21.0. The van der Waals surface area contributed by atoms with Gasteiger partial charge in [0.25, 0.3) is 15.9 Å². The number of carbonyl (C=O) groups is 2. The highest BCUT2D eigenvalue weighted by atomic mass is 32.2. The molecule has 3 rings (SSSR count). The highest BCUT2D eigenvalue weighted by Crippen LogP contribution is 2.36. The van der Waals surface area contributed by atoms with Gasteiger partial charge in [0, 0.05) is 24.3 Å². The summed E-state index contributed by atoms with van der Waals surface area (Å²) in [5, 5.41) is 3.96. The van der Waals surface area contributed by atoms with Gasteiger partial charge in [0.05, 0.1) is 19.3 Å². The van der Waals surface area contributed by atoms with E-state index in [0.717, 1.165) is 30.1 Å². The van der Waals surface area contributed by atoms with Crippen LogP contribution >= 0.6 is 0 Å². The van der Waals surface area contributed by atoms with Gasteiger partial charge in [-0.05, 0) is 97.0 Å². The number of sulfonamides is 1. The lowest BCUT2D eigenvalue weighted by atomic mass is 9.93. The van der Waals surface area contributed by atoms with E-state index < -0.39 is 29.6 Å². The second-order valence-electron chi connectivity index (χ2n) is 13.8. The quantitative estimate of drug-likeness (QED) is 0.298. The molecule has 0 aromatic carbocycles. The molecule has 0 spiro atoms. The van der Waals surface area contributed by atoms with E-state index in [1.807, 2.05) is 32.6 Å². The monoisotopic (exact) mass is 617 g/mol. The summed E-state index contributed by atoms with van der Waals surface area (Å²) < 4.78 is 33.9. The van der Waals surface area contributed by atoms with Crippen LogP contribution in [0.25, 0.3) is 0 Å². The number of nitrogens with one attached hydrogen (secondary N) is 2. The van der Waals surface area contributed by atoms with E-state index in [2.05, 4.69) is 53.5 Å². The van der Waals surface area contributed by atoms with E-state index >= 15 is 0 Å². The second-order valence-corrected chi connectivity index (χ2v) is 20.5. The zero-order valence-corrected chi connectivity index (χ0v) is 28.5. The minimum atomic E-state index is -4.21. The third kappa shape index (κ3) is 8.53. The molecule has 0 bridgehead atoms. The van der Waals surface area contributed by atoms with Gasteiger partial charge in [-0.3, -0.25) is 9.78 Å². The number of pyridine rings is 2. The summed E-state index contributed by atoms with van der Waals surface area (Å²) in [6, 6.07) is 6.42. The zero-order valence-electron chi connectivity index (χ0n) is 26.7. The summed E-state index contributed by atoms with van der Waals surface area (Å²) in [5.41, 5.74) is 0.768. The number of ether oxygens (including phenoxy) is 1. The Morgan fingerprint density at radius 2 is 1.79 bits per heavy atom. The molecule has 2 N–H and O–H groups in total. The van der Waals surface area contributed by atoms with Crippen LogP contribution in [0, 0.1) is 19.8 Å². The number of carbonyl (C=O) groups excluding carboxylic acids is 2. The van der Waals surface area contributed by atoms with Crippen molar-refractivity contribution in [2.24, 2.45) is 5.92 Å². The first-order valence-corrected chi connectivity index (χ1v) is 19.5. The van der Waals surface area contributed by atoms with Gasteiger partial charge in [-0.15, -0.1) is 0 Å². The molecule has 2 amide bonds. The lowest BCUT2D eigenvalue weighted by Crippen LogP contribution is -2.45. The Morgan fingerprint density at radius 1 is 1.12 bits per heavy atom. The maximum Gasteiger partial charge on any atom is 0.410 e. The summed E-state index contributed by atoms with van der Waals surface area (Å²) in [4.78, 5) is 36.3. The van der Waals surface area contributed by atoms with Crippen LogP contribution in [0.4, 0.5) is 10.6 Å². The molecule has 0 aliphatic carbocycles. The molecule has 1 fully saturated rings. The number of likely N-dealkylation sites (tertiary alicyclic amines) is 1.